The molecule has 2 rings (SSSR count). The van der Waals surface area contributed by atoms with Crippen LogP contribution in [0.5, 0.6) is 17.2 Å². The molecular formula is C20H25O4P. The van der Waals surface area contributed by atoms with Crippen LogP contribution < -0.4 is 4.74 Å². The largest absolute Gasteiger partial charge is 0.508 e. The summed E-state index contributed by atoms with van der Waals surface area (Å²) in [4.78, 5) is 9.38. The second-order valence-corrected chi connectivity index (χ2v) is 8.90. The highest BCUT2D eigenvalue weighted by Crippen LogP contribution is 2.38. The smallest absolute Gasteiger partial charge is 0.219 e. The molecule has 0 aliphatic heterocycles. The fourth-order valence-corrected chi connectivity index (χ4v) is 3.09. The number of aryl methyl sites for hydroxylation is 2. The van der Waals surface area contributed by atoms with Crippen LogP contribution in [0.1, 0.15) is 42.0 Å². The number of benzene rings is 2. The number of aromatic hydroxyl groups is 1. The Morgan fingerprint density at radius 3 is 2.24 bits per heavy atom. The monoisotopic (exact) mass is 360 g/mol. The minimum Gasteiger partial charge on any atom is -0.508 e. The van der Waals surface area contributed by atoms with E-state index in [2.05, 4.69) is 0 Å². The summed E-state index contributed by atoms with van der Waals surface area (Å²) >= 11 is 0. The lowest BCUT2D eigenvalue weighted by atomic mass is 10.0. The molecule has 0 radical (unpaired) electrons. The van der Waals surface area contributed by atoms with E-state index in [1.54, 1.807) is 18.2 Å². The highest BCUT2D eigenvalue weighted by Gasteiger charge is 2.11. The van der Waals surface area contributed by atoms with Crippen molar-refractivity contribution in [3.8, 4) is 17.2 Å². The average molecular weight is 360 g/mol. The predicted molar refractivity (Wildman–Crippen MR) is 103 cm³/mol. The van der Waals surface area contributed by atoms with Gasteiger partial charge in [-0.25, -0.2) is 0 Å². The number of phenols is 1. The van der Waals surface area contributed by atoms with Gasteiger partial charge in [-0.05, 0) is 72.9 Å². The van der Waals surface area contributed by atoms with E-state index in [9.17, 15) is 14.6 Å². The standard InChI is InChI=1S/C20H25O4P/c1-13(2)18-12-17(6-7-19(18)21)24-20-14(3)10-16(11-15(20)4)8-9-25(5,22)23/h6-13,21H,1-5H3,(H,22,23)/b9-8+. The lowest BCUT2D eigenvalue weighted by Crippen LogP contribution is -1.94. The third-order valence-corrected chi connectivity index (χ3v) is 4.57. The Bertz CT molecular complexity index is 824. The Balaban J connectivity index is 2.34. The van der Waals surface area contributed by atoms with E-state index < -0.39 is 7.37 Å². The molecule has 25 heavy (non-hydrogen) atoms. The Labute approximate surface area is 149 Å². The summed E-state index contributed by atoms with van der Waals surface area (Å²) < 4.78 is 17.5. The van der Waals surface area contributed by atoms with Gasteiger partial charge in [0.25, 0.3) is 0 Å². The number of ether oxygens (including phenoxy) is 1. The van der Waals surface area contributed by atoms with Crippen LogP contribution >= 0.6 is 7.37 Å². The number of hydrogen-bond donors (Lipinski definition) is 2. The minimum absolute atomic E-state index is 0.196. The van der Waals surface area contributed by atoms with Crippen molar-refractivity contribution in [3.05, 3.63) is 58.4 Å². The number of phenolic OH excluding ortho intramolecular Hbond substituents is 1. The van der Waals surface area contributed by atoms with E-state index in [-0.39, 0.29) is 11.7 Å². The van der Waals surface area contributed by atoms with Gasteiger partial charge in [-0.1, -0.05) is 13.8 Å². The molecule has 4 nitrogen and oxygen atoms in total. The van der Waals surface area contributed by atoms with Crippen molar-refractivity contribution in [3.63, 3.8) is 0 Å². The van der Waals surface area contributed by atoms with Crippen molar-refractivity contribution in [1.29, 1.82) is 0 Å². The van der Waals surface area contributed by atoms with E-state index in [1.165, 1.54) is 12.5 Å². The Morgan fingerprint density at radius 2 is 1.72 bits per heavy atom. The van der Waals surface area contributed by atoms with Crippen molar-refractivity contribution in [2.75, 3.05) is 6.66 Å². The van der Waals surface area contributed by atoms with Crippen molar-refractivity contribution in [1.82, 2.24) is 0 Å². The first-order valence-corrected chi connectivity index (χ1v) is 10.4. The molecule has 5 heteroatoms. The van der Waals surface area contributed by atoms with Crippen LogP contribution in [0.2, 0.25) is 0 Å². The molecule has 0 saturated carbocycles. The molecule has 2 aromatic rings. The fraction of sp³-hybridized carbons (Fsp3) is 0.300. The first-order chi connectivity index (χ1) is 11.6. The zero-order valence-electron chi connectivity index (χ0n) is 15.3. The minimum atomic E-state index is -3.18. The number of rotatable bonds is 5. The molecule has 2 aromatic carbocycles. The summed E-state index contributed by atoms with van der Waals surface area (Å²) in [6, 6.07) is 9.07. The Morgan fingerprint density at radius 1 is 1.12 bits per heavy atom. The molecule has 0 bridgehead atoms. The van der Waals surface area contributed by atoms with Gasteiger partial charge in [0.1, 0.15) is 17.2 Å². The maximum Gasteiger partial charge on any atom is 0.219 e. The zero-order chi connectivity index (χ0) is 18.8. The van der Waals surface area contributed by atoms with Gasteiger partial charge in [0, 0.05) is 18.0 Å². The maximum absolute atomic E-state index is 11.4. The molecule has 0 spiro atoms. The SMILES string of the molecule is Cc1cc(/C=C/P(C)(=O)O)cc(C)c1Oc1ccc(O)c(C(C)C)c1. The third kappa shape index (κ3) is 5.22. The van der Waals surface area contributed by atoms with Gasteiger partial charge in [-0.3, -0.25) is 4.57 Å². The molecule has 0 amide bonds. The summed E-state index contributed by atoms with van der Waals surface area (Å²) in [6.45, 7) is 9.22. The molecule has 0 saturated heterocycles. The van der Waals surface area contributed by atoms with Crippen LogP contribution in [0.3, 0.4) is 0 Å². The maximum atomic E-state index is 11.4. The van der Waals surface area contributed by atoms with Crippen molar-refractivity contribution in [2.24, 2.45) is 0 Å². The van der Waals surface area contributed by atoms with Crippen LogP contribution in [-0.4, -0.2) is 16.7 Å². The quantitative estimate of drug-likeness (QED) is 0.662. The van der Waals surface area contributed by atoms with E-state index in [0.717, 1.165) is 28.0 Å². The zero-order valence-corrected chi connectivity index (χ0v) is 16.2. The summed E-state index contributed by atoms with van der Waals surface area (Å²) in [5.74, 6) is 3.22. The van der Waals surface area contributed by atoms with E-state index in [4.69, 9.17) is 4.74 Å². The van der Waals surface area contributed by atoms with Crippen LogP contribution in [0, 0.1) is 13.8 Å². The van der Waals surface area contributed by atoms with Crippen LogP contribution in [0.4, 0.5) is 0 Å². The van der Waals surface area contributed by atoms with Crippen molar-refractivity contribution >= 4 is 13.4 Å². The first kappa shape index (κ1) is 19.3. The van der Waals surface area contributed by atoms with Gasteiger partial charge in [0.05, 0.1) is 0 Å². The summed E-state index contributed by atoms with van der Waals surface area (Å²) in [5.41, 5.74) is 3.56. The van der Waals surface area contributed by atoms with Crippen LogP contribution in [-0.2, 0) is 4.57 Å². The molecule has 1 unspecified atom stereocenters. The first-order valence-electron chi connectivity index (χ1n) is 8.18. The lowest BCUT2D eigenvalue weighted by molar-refractivity contribution is 0.452. The molecule has 134 valence electrons. The highest BCUT2D eigenvalue weighted by molar-refractivity contribution is 7.60. The molecule has 0 aromatic heterocycles. The molecule has 0 aliphatic carbocycles. The van der Waals surface area contributed by atoms with Crippen molar-refractivity contribution < 1.29 is 19.3 Å². The van der Waals surface area contributed by atoms with Gasteiger partial charge in [-0.15, -0.1) is 0 Å². The van der Waals surface area contributed by atoms with Gasteiger partial charge in [0.15, 0.2) is 0 Å². The normalized spacial score (nSPS) is 14.0. The van der Waals surface area contributed by atoms with E-state index in [1.807, 2.05) is 45.9 Å². The van der Waals surface area contributed by atoms with Gasteiger partial charge in [0.2, 0.25) is 7.37 Å². The number of hydrogen-bond acceptors (Lipinski definition) is 3. The summed E-state index contributed by atoms with van der Waals surface area (Å²) in [6.07, 6.45) is 1.65. The van der Waals surface area contributed by atoms with Crippen LogP contribution in [0.25, 0.3) is 6.08 Å². The van der Waals surface area contributed by atoms with Gasteiger partial charge >= 0.3 is 0 Å². The topological polar surface area (TPSA) is 66.8 Å². The van der Waals surface area contributed by atoms with Crippen molar-refractivity contribution in [2.45, 2.75) is 33.6 Å². The summed E-state index contributed by atoms with van der Waals surface area (Å²) in [5, 5.41) is 9.94. The second kappa shape index (κ2) is 7.47. The van der Waals surface area contributed by atoms with E-state index in [0.29, 0.717) is 5.75 Å². The molecule has 0 heterocycles. The van der Waals surface area contributed by atoms with E-state index >= 15 is 0 Å². The molecule has 0 fully saturated rings. The second-order valence-electron chi connectivity index (χ2n) is 6.72. The summed E-state index contributed by atoms with van der Waals surface area (Å²) in [7, 11) is -3.18. The van der Waals surface area contributed by atoms with Gasteiger partial charge in [-0.2, -0.15) is 0 Å². The Kier molecular flexibility index (Phi) is 5.76. The molecule has 1 atom stereocenters. The average Bonchev–Trinajstić information content (AvgIpc) is 2.49. The van der Waals surface area contributed by atoms with Gasteiger partial charge < -0.3 is 14.7 Å². The van der Waals surface area contributed by atoms with Crippen LogP contribution in [0.15, 0.2) is 36.1 Å². The third-order valence-electron chi connectivity index (χ3n) is 3.87. The fourth-order valence-electron chi connectivity index (χ4n) is 2.64. The highest BCUT2D eigenvalue weighted by atomic mass is 31.2. The molecule has 2 N–H and O–H groups in total. The Hall–Kier alpha value is -2.03. The molecular weight excluding hydrogens is 335 g/mol. The lowest BCUT2D eigenvalue weighted by Gasteiger charge is -2.15. The predicted octanol–water partition coefficient (Wildman–Crippen LogP) is 5.80. The molecule has 0 aliphatic rings.